The van der Waals surface area contributed by atoms with Crippen LogP contribution in [0.15, 0.2) is 12.7 Å². The first-order chi connectivity index (χ1) is 5.91. The number of hydrogen-bond acceptors (Lipinski definition) is 1. The summed E-state index contributed by atoms with van der Waals surface area (Å²) in [5, 5.41) is 0. The highest BCUT2D eigenvalue weighted by atomic mass is 32.2. The molecule has 1 N–H and O–H groups in total. The van der Waals surface area contributed by atoms with Crippen molar-refractivity contribution in [3.05, 3.63) is 12.7 Å². The summed E-state index contributed by atoms with van der Waals surface area (Å²) in [5.41, 5.74) is 0. The van der Waals surface area contributed by atoms with E-state index in [9.17, 15) is 4.21 Å². The molecule has 0 radical (unpaired) electrons. The summed E-state index contributed by atoms with van der Waals surface area (Å²) in [6.07, 6.45) is 3.72. The third-order valence-electron chi connectivity index (χ3n) is 1.77. The van der Waals surface area contributed by atoms with E-state index in [0.29, 0.717) is 0 Å². The van der Waals surface area contributed by atoms with Crippen LogP contribution in [0.5, 0.6) is 0 Å². The maximum atomic E-state index is 11.7. The summed E-state index contributed by atoms with van der Waals surface area (Å²) in [4.78, 5) is 0. The lowest BCUT2D eigenvalue weighted by atomic mass is 10.2. The fourth-order valence-corrected chi connectivity index (χ4v) is 1.75. The Morgan fingerprint density at radius 1 is 1.54 bits per heavy atom. The van der Waals surface area contributed by atoms with Crippen molar-refractivity contribution in [2.75, 3.05) is 0 Å². The van der Waals surface area contributed by atoms with Crippen LogP contribution in [-0.4, -0.2) is 15.0 Å². The molecular formula is C10H21NOS. The van der Waals surface area contributed by atoms with E-state index >= 15 is 0 Å². The summed E-state index contributed by atoms with van der Waals surface area (Å²) in [6.45, 7) is 11.7. The molecule has 0 fully saturated rings. The number of nitrogens with one attached hydrogen (secondary N) is 1. The third kappa shape index (κ3) is 5.21. The zero-order chi connectivity index (χ0) is 10.5. The third-order valence-corrected chi connectivity index (χ3v) is 3.43. The molecule has 0 saturated heterocycles. The first kappa shape index (κ1) is 12.8. The number of rotatable bonds is 5. The van der Waals surface area contributed by atoms with Crippen LogP contribution in [0.2, 0.25) is 0 Å². The smallest absolute Gasteiger partial charge is 0.0972 e. The molecule has 1 unspecified atom stereocenters. The van der Waals surface area contributed by atoms with Gasteiger partial charge in [-0.1, -0.05) is 13.0 Å². The molecular weight excluding hydrogens is 182 g/mol. The molecule has 0 aromatic carbocycles. The summed E-state index contributed by atoms with van der Waals surface area (Å²) in [5.74, 6) is 0. The largest absolute Gasteiger partial charge is 0.242 e. The van der Waals surface area contributed by atoms with Crippen LogP contribution < -0.4 is 4.72 Å². The highest BCUT2D eigenvalue weighted by Crippen LogP contribution is 2.11. The van der Waals surface area contributed by atoms with Gasteiger partial charge in [0, 0.05) is 6.04 Å². The topological polar surface area (TPSA) is 29.1 Å². The van der Waals surface area contributed by atoms with Crippen molar-refractivity contribution < 1.29 is 4.21 Å². The minimum atomic E-state index is -0.967. The molecule has 0 aliphatic carbocycles. The second-order valence-electron chi connectivity index (χ2n) is 4.13. The summed E-state index contributed by atoms with van der Waals surface area (Å²) >= 11 is 0. The van der Waals surface area contributed by atoms with E-state index in [1.54, 1.807) is 0 Å². The van der Waals surface area contributed by atoms with Gasteiger partial charge in [-0.3, -0.25) is 0 Å². The zero-order valence-corrected chi connectivity index (χ0v) is 9.91. The molecule has 2 atom stereocenters. The molecule has 3 heteroatoms. The van der Waals surface area contributed by atoms with Crippen molar-refractivity contribution in [1.29, 1.82) is 0 Å². The van der Waals surface area contributed by atoms with E-state index < -0.39 is 11.0 Å². The lowest BCUT2D eigenvalue weighted by Gasteiger charge is -2.22. The molecule has 0 saturated carbocycles. The van der Waals surface area contributed by atoms with Gasteiger partial charge in [0.2, 0.25) is 0 Å². The standard InChI is InChI=1S/C10H21NOS/c1-6-8-9(7-2)11-13(12)10(3,4)5/h6,9,11H,1,7-8H2,2-5H3/t9-,13?/m0/s1. The second kappa shape index (κ2) is 5.55. The van der Waals surface area contributed by atoms with E-state index in [1.807, 2.05) is 26.8 Å². The first-order valence-corrected chi connectivity index (χ1v) is 5.85. The lowest BCUT2D eigenvalue weighted by molar-refractivity contribution is 0.574. The molecule has 0 amide bonds. The summed E-state index contributed by atoms with van der Waals surface area (Å²) < 4.78 is 14.6. The minimum absolute atomic E-state index is 0.186. The lowest BCUT2D eigenvalue weighted by Crippen LogP contribution is -2.39. The Hall–Kier alpha value is -0.150. The molecule has 0 heterocycles. The van der Waals surface area contributed by atoms with Gasteiger partial charge in [0.1, 0.15) is 0 Å². The van der Waals surface area contributed by atoms with Crippen LogP contribution >= 0.6 is 0 Å². The Morgan fingerprint density at radius 3 is 2.38 bits per heavy atom. The van der Waals surface area contributed by atoms with Crippen LogP contribution in [0.25, 0.3) is 0 Å². The van der Waals surface area contributed by atoms with Crippen molar-refractivity contribution in [3.63, 3.8) is 0 Å². The normalized spacial score (nSPS) is 16.6. The van der Waals surface area contributed by atoms with Crippen molar-refractivity contribution in [3.8, 4) is 0 Å². The average molecular weight is 203 g/mol. The Balaban J connectivity index is 4.08. The fraction of sp³-hybridized carbons (Fsp3) is 0.800. The molecule has 0 spiro atoms. The summed E-state index contributed by atoms with van der Waals surface area (Å²) in [7, 11) is -0.967. The molecule has 0 aliphatic rings. The Kier molecular flexibility index (Phi) is 5.49. The second-order valence-corrected chi connectivity index (χ2v) is 6.13. The van der Waals surface area contributed by atoms with Gasteiger partial charge in [0.15, 0.2) is 0 Å². The minimum Gasteiger partial charge on any atom is -0.242 e. The molecule has 13 heavy (non-hydrogen) atoms. The van der Waals surface area contributed by atoms with Crippen molar-refractivity contribution >= 4 is 11.0 Å². The first-order valence-electron chi connectivity index (χ1n) is 4.70. The van der Waals surface area contributed by atoms with Gasteiger partial charge in [-0.15, -0.1) is 6.58 Å². The Morgan fingerprint density at radius 2 is 2.08 bits per heavy atom. The SMILES string of the molecule is C=CC[C@H](CC)NS(=O)C(C)(C)C. The van der Waals surface area contributed by atoms with Crippen molar-refractivity contribution in [2.24, 2.45) is 0 Å². The molecule has 0 bridgehead atoms. The molecule has 0 aromatic rings. The molecule has 2 nitrogen and oxygen atoms in total. The molecule has 0 rings (SSSR count). The molecule has 0 aromatic heterocycles. The van der Waals surface area contributed by atoms with Crippen LogP contribution in [0.4, 0.5) is 0 Å². The van der Waals surface area contributed by atoms with E-state index in [0.717, 1.165) is 12.8 Å². The molecule has 78 valence electrons. The van der Waals surface area contributed by atoms with Crippen molar-refractivity contribution in [2.45, 2.75) is 51.3 Å². The van der Waals surface area contributed by atoms with Gasteiger partial charge in [-0.2, -0.15) is 0 Å². The van der Waals surface area contributed by atoms with E-state index in [-0.39, 0.29) is 10.8 Å². The van der Waals surface area contributed by atoms with Crippen LogP contribution in [-0.2, 0) is 11.0 Å². The van der Waals surface area contributed by atoms with Gasteiger partial charge in [-0.25, -0.2) is 8.93 Å². The predicted octanol–water partition coefficient (Wildman–Crippen LogP) is 2.39. The zero-order valence-electron chi connectivity index (χ0n) is 9.09. The van der Waals surface area contributed by atoms with E-state index in [4.69, 9.17) is 0 Å². The van der Waals surface area contributed by atoms with E-state index in [1.165, 1.54) is 0 Å². The van der Waals surface area contributed by atoms with Gasteiger partial charge < -0.3 is 0 Å². The fourth-order valence-electron chi connectivity index (χ4n) is 0.827. The van der Waals surface area contributed by atoms with Gasteiger partial charge in [-0.05, 0) is 33.6 Å². The van der Waals surface area contributed by atoms with Crippen LogP contribution in [0.1, 0.15) is 40.5 Å². The molecule has 0 aliphatic heterocycles. The maximum Gasteiger partial charge on any atom is 0.0972 e. The predicted molar refractivity (Wildman–Crippen MR) is 59.9 cm³/mol. The van der Waals surface area contributed by atoms with E-state index in [2.05, 4.69) is 18.2 Å². The number of hydrogen-bond donors (Lipinski definition) is 1. The van der Waals surface area contributed by atoms with Crippen LogP contribution in [0.3, 0.4) is 0 Å². The van der Waals surface area contributed by atoms with Gasteiger partial charge in [0.05, 0.1) is 15.7 Å². The highest BCUT2D eigenvalue weighted by Gasteiger charge is 2.21. The average Bonchev–Trinajstić information content (AvgIpc) is 2.01. The monoisotopic (exact) mass is 203 g/mol. The van der Waals surface area contributed by atoms with Crippen LogP contribution in [0, 0.1) is 0 Å². The Bertz CT molecular complexity index is 184. The van der Waals surface area contributed by atoms with Gasteiger partial charge in [0.25, 0.3) is 0 Å². The maximum absolute atomic E-state index is 11.7. The van der Waals surface area contributed by atoms with Gasteiger partial charge >= 0.3 is 0 Å². The highest BCUT2D eigenvalue weighted by molar-refractivity contribution is 7.84. The Labute approximate surface area is 84.4 Å². The summed E-state index contributed by atoms with van der Waals surface area (Å²) in [6, 6.07) is 0.289. The van der Waals surface area contributed by atoms with Crippen molar-refractivity contribution in [1.82, 2.24) is 4.72 Å². The quantitative estimate of drug-likeness (QED) is 0.683.